The van der Waals surface area contributed by atoms with Crippen LogP contribution in [-0.2, 0) is 6.18 Å². The van der Waals surface area contributed by atoms with Gasteiger partial charge < -0.3 is 0 Å². The lowest BCUT2D eigenvalue weighted by molar-refractivity contribution is -0.134. The zero-order chi connectivity index (χ0) is 8.65. The molecule has 0 aliphatic rings. The number of hydrogen-bond acceptors (Lipinski definition) is 2. The Hall–Kier alpha value is -0.0000000000000000555. The molecule has 1 aromatic rings. The van der Waals surface area contributed by atoms with Crippen molar-refractivity contribution in [2.24, 2.45) is 0 Å². The van der Waals surface area contributed by atoms with Crippen LogP contribution in [0.1, 0.15) is 4.88 Å². The summed E-state index contributed by atoms with van der Waals surface area (Å²) in [5.74, 6) is 0. The van der Waals surface area contributed by atoms with Gasteiger partial charge in [-0.05, 0) is 0 Å². The molecule has 11 heavy (non-hydrogen) atoms. The number of thiazole rings is 1. The summed E-state index contributed by atoms with van der Waals surface area (Å²) in [6, 6.07) is 0. The number of rotatable bonds is 0. The van der Waals surface area contributed by atoms with E-state index in [9.17, 15) is 13.2 Å². The van der Waals surface area contributed by atoms with Gasteiger partial charge in [0, 0.05) is 0 Å². The average molecular weight is 222 g/mol. The minimum absolute atomic E-state index is 0.206. The van der Waals surface area contributed by atoms with E-state index in [1.165, 1.54) is 0 Å². The van der Waals surface area contributed by atoms with Crippen LogP contribution in [0.4, 0.5) is 13.2 Å². The molecular weight excluding hydrogens is 222 g/mol. The van der Waals surface area contributed by atoms with E-state index in [4.69, 9.17) is 23.2 Å². The maximum absolute atomic E-state index is 11.9. The van der Waals surface area contributed by atoms with E-state index in [-0.39, 0.29) is 4.47 Å². The molecule has 0 aromatic carbocycles. The summed E-state index contributed by atoms with van der Waals surface area (Å²) >= 11 is 10.6. The van der Waals surface area contributed by atoms with Gasteiger partial charge in [-0.1, -0.05) is 34.5 Å². The van der Waals surface area contributed by atoms with Gasteiger partial charge >= 0.3 is 6.18 Å². The monoisotopic (exact) mass is 221 g/mol. The summed E-state index contributed by atoms with van der Waals surface area (Å²) in [4.78, 5) is 2.25. The van der Waals surface area contributed by atoms with Crippen molar-refractivity contribution in [2.75, 3.05) is 0 Å². The summed E-state index contributed by atoms with van der Waals surface area (Å²) in [5, 5.41) is -0.590. The summed E-state index contributed by atoms with van der Waals surface area (Å²) in [7, 11) is 0. The molecule has 0 saturated carbocycles. The van der Waals surface area contributed by atoms with E-state index in [1.807, 2.05) is 0 Å². The van der Waals surface area contributed by atoms with Crippen molar-refractivity contribution in [1.29, 1.82) is 0 Å². The Balaban J connectivity index is 3.13. The summed E-state index contributed by atoms with van der Waals surface area (Å²) in [6.45, 7) is 0. The maximum atomic E-state index is 11.9. The van der Waals surface area contributed by atoms with E-state index in [0.29, 0.717) is 11.3 Å². The van der Waals surface area contributed by atoms with Gasteiger partial charge in [-0.15, -0.1) is 0 Å². The molecule has 0 N–H and O–H groups in total. The Bertz CT molecular complexity index is 269. The van der Waals surface area contributed by atoms with Crippen LogP contribution in [0.3, 0.4) is 0 Å². The lowest BCUT2D eigenvalue weighted by Gasteiger charge is -2.00. The molecule has 1 nitrogen and oxygen atoms in total. The molecule has 0 atom stereocenters. The first-order chi connectivity index (χ1) is 4.91. The molecule has 1 heterocycles. The topological polar surface area (TPSA) is 12.9 Å². The first-order valence-electron chi connectivity index (χ1n) is 2.30. The molecule has 1 rings (SSSR count). The predicted octanol–water partition coefficient (Wildman–Crippen LogP) is 3.47. The van der Waals surface area contributed by atoms with E-state index in [0.717, 1.165) is 0 Å². The number of alkyl halides is 3. The predicted molar refractivity (Wildman–Crippen MR) is 37.1 cm³/mol. The van der Waals surface area contributed by atoms with Gasteiger partial charge in [0.1, 0.15) is 4.88 Å². The minimum Gasteiger partial charge on any atom is -0.212 e. The van der Waals surface area contributed by atoms with Gasteiger partial charge in [0.2, 0.25) is 0 Å². The Morgan fingerprint density at radius 2 is 1.82 bits per heavy atom. The third kappa shape index (κ3) is 1.98. The average Bonchev–Trinajstić information content (AvgIpc) is 2.08. The summed E-state index contributed by atoms with van der Waals surface area (Å²) < 4.78 is 35.5. The van der Waals surface area contributed by atoms with Crippen molar-refractivity contribution in [1.82, 2.24) is 4.98 Å². The second kappa shape index (κ2) is 2.80. The highest BCUT2D eigenvalue weighted by Crippen LogP contribution is 2.39. The Morgan fingerprint density at radius 3 is 2.00 bits per heavy atom. The highest BCUT2D eigenvalue weighted by Gasteiger charge is 2.36. The van der Waals surface area contributed by atoms with Gasteiger partial charge in [0.15, 0.2) is 9.62 Å². The first kappa shape index (κ1) is 9.09. The molecule has 1 aromatic heterocycles. The van der Waals surface area contributed by atoms with E-state index in [1.54, 1.807) is 0 Å². The van der Waals surface area contributed by atoms with E-state index in [2.05, 4.69) is 4.98 Å². The highest BCUT2D eigenvalue weighted by atomic mass is 35.5. The minimum atomic E-state index is -4.46. The third-order valence-corrected chi connectivity index (χ3v) is 2.41. The number of hydrogen-bond donors (Lipinski definition) is 0. The molecule has 0 fully saturated rings. The van der Waals surface area contributed by atoms with Crippen LogP contribution in [0.15, 0.2) is 0 Å². The summed E-state index contributed by atoms with van der Waals surface area (Å²) in [6.07, 6.45) is -4.46. The number of aromatic nitrogens is 1. The third-order valence-electron chi connectivity index (χ3n) is 0.817. The Morgan fingerprint density at radius 1 is 1.27 bits per heavy atom. The second-order valence-electron chi connectivity index (χ2n) is 1.58. The van der Waals surface area contributed by atoms with Crippen molar-refractivity contribution in [3.8, 4) is 0 Å². The lowest BCUT2D eigenvalue weighted by atomic mass is 10.5. The van der Waals surface area contributed by atoms with Crippen molar-refractivity contribution >= 4 is 34.5 Å². The fourth-order valence-corrected chi connectivity index (χ4v) is 1.72. The fraction of sp³-hybridized carbons (Fsp3) is 0.250. The fourth-order valence-electron chi connectivity index (χ4n) is 0.452. The SMILES string of the molecule is FC(F)(F)c1sc(Cl)nc1Cl. The lowest BCUT2D eigenvalue weighted by Crippen LogP contribution is -2.01. The molecule has 0 aliphatic carbocycles. The van der Waals surface area contributed by atoms with Gasteiger partial charge in [0.05, 0.1) is 0 Å². The van der Waals surface area contributed by atoms with Gasteiger partial charge in [0.25, 0.3) is 0 Å². The second-order valence-corrected chi connectivity index (χ2v) is 3.52. The quantitative estimate of drug-likeness (QED) is 0.654. The van der Waals surface area contributed by atoms with Crippen LogP contribution in [0.2, 0.25) is 9.62 Å². The molecule has 0 bridgehead atoms. The molecule has 0 aliphatic heterocycles. The largest absolute Gasteiger partial charge is 0.428 e. The van der Waals surface area contributed by atoms with Crippen molar-refractivity contribution in [2.45, 2.75) is 6.18 Å². The van der Waals surface area contributed by atoms with Crippen LogP contribution in [0.5, 0.6) is 0 Å². The van der Waals surface area contributed by atoms with Crippen LogP contribution in [-0.4, -0.2) is 4.98 Å². The van der Waals surface area contributed by atoms with Crippen molar-refractivity contribution in [3.05, 3.63) is 14.5 Å². The van der Waals surface area contributed by atoms with Gasteiger partial charge in [-0.25, -0.2) is 4.98 Å². The molecule has 62 valence electrons. The molecule has 0 unspecified atom stereocenters. The molecule has 0 spiro atoms. The normalized spacial score (nSPS) is 12.1. The zero-order valence-corrected chi connectivity index (χ0v) is 7.07. The number of nitrogens with zero attached hydrogens (tertiary/aromatic N) is 1. The zero-order valence-electron chi connectivity index (χ0n) is 4.75. The van der Waals surface area contributed by atoms with Gasteiger partial charge in [-0.3, -0.25) is 0 Å². The smallest absolute Gasteiger partial charge is 0.212 e. The standard InChI is InChI=1S/C4Cl2F3NS/c5-2-1(4(7,8)9)11-3(6)10-2. The molecule has 7 heteroatoms. The summed E-state index contributed by atoms with van der Waals surface area (Å²) in [5.41, 5.74) is 0. The molecule has 0 saturated heterocycles. The van der Waals surface area contributed by atoms with Crippen LogP contribution in [0, 0.1) is 0 Å². The van der Waals surface area contributed by atoms with Gasteiger partial charge in [-0.2, -0.15) is 13.2 Å². The molecule has 0 amide bonds. The van der Waals surface area contributed by atoms with Crippen molar-refractivity contribution < 1.29 is 13.2 Å². The van der Waals surface area contributed by atoms with Crippen molar-refractivity contribution in [3.63, 3.8) is 0 Å². The number of halogens is 5. The van der Waals surface area contributed by atoms with Crippen LogP contribution >= 0.6 is 34.5 Å². The van der Waals surface area contributed by atoms with Crippen LogP contribution < -0.4 is 0 Å². The highest BCUT2D eigenvalue weighted by molar-refractivity contribution is 7.16. The van der Waals surface area contributed by atoms with E-state index >= 15 is 0 Å². The Labute approximate surface area is 73.8 Å². The van der Waals surface area contributed by atoms with E-state index < -0.39 is 16.2 Å². The Kier molecular flexibility index (Phi) is 2.32. The first-order valence-corrected chi connectivity index (χ1v) is 3.87. The maximum Gasteiger partial charge on any atom is 0.428 e. The molecule has 0 radical (unpaired) electrons. The van der Waals surface area contributed by atoms with Crippen LogP contribution in [0.25, 0.3) is 0 Å². The molecular formula is C4Cl2F3NS.